The van der Waals surface area contributed by atoms with Crippen LogP contribution in [0, 0.1) is 29.6 Å². The molecule has 2 atom stereocenters. The molecule has 0 saturated carbocycles. The van der Waals surface area contributed by atoms with E-state index in [1.165, 1.54) is 6.07 Å². The van der Waals surface area contributed by atoms with Gasteiger partial charge >= 0.3 is 5.63 Å². The number of nitriles is 1. The SMILES string of the molecule is Cc1cc2c(c(=O)o1)C(c1ccc(OCC(N)=O)cc1)C(C#N)C(=N)O2. The lowest BCUT2D eigenvalue weighted by molar-refractivity contribution is -0.119. The molecule has 2 aromatic rings. The molecule has 0 spiro atoms. The minimum atomic E-state index is -0.967. The van der Waals surface area contributed by atoms with Crippen molar-refractivity contribution in [1.82, 2.24) is 0 Å². The van der Waals surface area contributed by atoms with Crippen LogP contribution in [0.4, 0.5) is 0 Å². The number of hydrogen-bond donors (Lipinski definition) is 2. The number of carbonyl (C=O) groups excluding carboxylic acids is 1. The van der Waals surface area contributed by atoms with Crippen LogP contribution < -0.4 is 20.8 Å². The standard InChI is InChI=1S/C18H15N3O5/c1-9-6-13-16(18(23)25-9)15(12(7-19)17(21)26-13)10-2-4-11(5-3-10)24-8-14(20)22/h2-6,12,15,21H,8H2,1H3,(H2,20,22). The van der Waals surface area contributed by atoms with E-state index in [1.807, 2.05) is 6.07 Å². The van der Waals surface area contributed by atoms with Gasteiger partial charge in [-0.15, -0.1) is 0 Å². The second-order valence-corrected chi connectivity index (χ2v) is 5.80. The van der Waals surface area contributed by atoms with Crippen LogP contribution in [0.5, 0.6) is 11.5 Å². The summed E-state index contributed by atoms with van der Waals surface area (Å²) in [5.74, 6) is -1.52. The number of carbonyl (C=O) groups is 1. The monoisotopic (exact) mass is 353 g/mol. The Kier molecular flexibility index (Phi) is 4.45. The molecule has 0 bridgehead atoms. The molecular formula is C18H15N3O5. The minimum absolute atomic E-state index is 0.198. The number of primary amides is 1. The Bertz CT molecular complexity index is 972. The lowest BCUT2D eigenvalue weighted by Crippen LogP contribution is -2.34. The van der Waals surface area contributed by atoms with E-state index in [2.05, 4.69) is 0 Å². The topological polar surface area (TPSA) is 139 Å². The third-order valence-electron chi connectivity index (χ3n) is 3.98. The molecule has 2 heterocycles. The van der Waals surface area contributed by atoms with E-state index in [9.17, 15) is 14.9 Å². The highest BCUT2D eigenvalue weighted by molar-refractivity contribution is 5.85. The van der Waals surface area contributed by atoms with E-state index in [1.54, 1.807) is 31.2 Å². The van der Waals surface area contributed by atoms with Crippen LogP contribution in [0.3, 0.4) is 0 Å². The molecule has 0 fully saturated rings. The zero-order valence-electron chi connectivity index (χ0n) is 13.8. The van der Waals surface area contributed by atoms with Crippen LogP contribution >= 0.6 is 0 Å². The quantitative estimate of drug-likeness (QED) is 0.852. The van der Waals surface area contributed by atoms with Gasteiger partial charge < -0.3 is 19.6 Å². The summed E-state index contributed by atoms with van der Waals surface area (Å²) < 4.78 is 15.7. The van der Waals surface area contributed by atoms with Crippen molar-refractivity contribution in [2.45, 2.75) is 12.8 Å². The van der Waals surface area contributed by atoms with E-state index in [0.29, 0.717) is 17.1 Å². The van der Waals surface area contributed by atoms with Crippen molar-refractivity contribution in [2.24, 2.45) is 11.7 Å². The highest BCUT2D eigenvalue weighted by Gasteiger charge is 2.39. The zero-order valence-corrected chi connectivity index (χ0v) is 13.8. The van der Waals surface area contributed by atoms with Crippen LogP contribution in [0.1, 0.15) is 22.8 Å². The van der Waals surface area contributed by atoms with Gasteiger partial charge in [-0.1, -0.05) is 12.1 Å². The molecule has 3 N–H and O–H groups in total. The Balaban J connectivity index is 2.05. The van der Waals surface area contributed by atoms with Crippen molar-refractivity contribution in [1.29, 1.82) is 10.7 Å². The average Bonchev–Trinajstić information content (AvgIpc) is 2.59. The number of hydrogen-bond acceptors (Lipinski definition) is 7. The molecule has 1 aliphatic heterocycles. The third-order valence-corrected chi connectivity index (χ3v) is 3.98. The summed E-state index contributed by atoms with van der Waals surface area (Å²) in [4.78, 5) is 23.2. The van der Waals surface area contributed by atoms with E-state index >= 15 is 0 Å². The van der Waals surface area contributed by atoms with Gasteiger partial charge in [-0.05, 0) is 24.6 Å². The predicted molar refractivity (Wildman–Crippen MR) is 90.1 cm³/mol. The van der Waals surface area contributed by atoms with Gasteiger partial charge in [0.15, 0.2) is 6.61 Å². The Hall–Kier alpha value is -3.60. The fourth-order valence-corrected chi connectivity index (χ4v) is 2.88. The van der Waals surface area contributed by atoms with Gasteiger partial charge in [0.05, 0.1) is 11.6 Å². The van der Waals surface area contributed by atoms with Gasteiger partial charge in [0.25, 0.3) is 5.91 Å². The van der Waals surface area contributed by atoms with Gasteiger partial charge in [0.1, 0.15) is 23.2 Å². The number of rotatable bonds is 4. The van der Waals surface area contributed by atoms with E-state index in [-0.39, 0.29) is 23.8 Å². The largest absolute Gasteiger partial charge is 0.484 e. The van der Waals surface area contributed by atoms with Crippen LogP contribution in [-0.4, -0.2) is 18.4 Å². The van der Waals surface area contributed by atoms with E-state index in [0.717, 1.165) is 0 Å². The van der Waals surface area contributed by atoms with Crippen molar-refractivity contribution < 1.29 is 18.7 Å². The number of benzene rings is 1. The van der Waals surface area contributed by atoms with Crippen molar-refractivity contribution in [3.05, 3.63) is 57.6 Å². The molecule has 1 aromatic carbocycles. The Labute approximate surface area is 148 Å². The van der Waals surface area contributed by atoms with E-state index in [4.69, 9.17) is 25.0 Å². The summed E-state index contributed by atoms with van der Waals surface area (Å²) in [7, 11) is 0. The maximum atomic E-state index is 12.4. The molecular weight excluding hydrogens is 338 g/mol. The first-order valence-corrected chi connectivity index (χ1v) is 7.72. The summed E-state index contributed by atoms with van der Waals surface area (Å²) >= 11 is 0. The fraction of sp³-hybridized carbons (Fsp3) is 0.222. The lowest BCUT2D eigenvalue weighted by atomic mass is 9.80. The van der Waals surface area contributed by atoms with Crippen molar-refractivity contribution in [2.75, 3.05) is 6.61 Å². The van der Waals surface area contributed by atoms with Crippen molar-refractivity contribution in [3.8, 4) is 17.6 Å². The summed E-state index contributed by atoms with van der Waals surface area (Å²) in [6, 6.07) is 10.1. The lowest BCUT2D eigenvalue weighted by Gasteiger charge is -2.29. The molecule has 26 heavy (non-hydrogen) atoms. The second kappa shape index (κ2) is 6.72. The van der Waals surface area contributed by atoms with Crippen LogP contribution in [0.2, 0.25) is 0 Å². The molecule has 0 saturated heterocycles. The summed E-state index contributed by atoms with van der Waals surface area (Å²) in [5, 5.41) is 17.5. The number of fused-ring (bicyclic) bond motifs is 1. The first kappa shape index (κ1) is 17.2. The number of nitrogens with zero attached hydrogens (tertiary/aromatic N) is 1. The third kappa shape index (κ3) is 3.15. The number of nitrogens with two attached hydrogens (primary N) is 1. The highest BCUT2D eigenvalue weighted by Crippen LogP contribution is 2.40. The predicted octanol–water partition coefficient (Wildman–Crippen LogP) is 1.45. The summed E-state index contributed by atoms with van der Waals surface area (Å²) in [5.41, 5.74) is 5.25. The Morgan fingerprint density at radius 1 is 1.38 bits per heavy atom. The second-order valence-electron chi connectivity index (χ2n) is 5.80. The zero-order chi connectivity index (χ0) is 18.8. The molecule has 0 aliphatic carbocycles. The van der Waals surface area contributed by atoms with Gasteiger partial charge in [0, 0.05) is 12.0 Å². The maximum Gasteiger partial charge on any atom is 0.343 e. The van der Waals surface area contributed by atoms with Crippen molar-refractivity contribution in [3.63, 3.8) is 0 Å². The van der Waals surface area contributed by atoms with Gasteiger partial charge in [-0.25, -0.2) is 4.79 Å². The number of amides is 1. The molecule has 3 rings (SSSR count). The first-order valence-electron chi connectivity index (χ1n) is 7.72. The number of aryl methyl sites for hydroxylation is 1. The van der Waals surface area contributed by atoms with Crippen LogP contribution in [0.15, 0.2) is 39.5 Å². The molecule has 8 heteroatoms. The van der Waals surface area contributed by atoms with E-state index < -0.39 is 23.4 Å². The molecule has 1 aliphatic rings. The smallest absolute Gasteiger partial charge is 0.343 e. The Morgan fingerprint density at radius 3 is 2.69 bits per heavy atom. The molecule has 1 aromatic heterocycles. The molecule has 2 unspecified atom stereocenters. The van der Waals surface area contributed by atoms with Crippen LogP contribution in [0.25, 0.3) is 0 Å². The maximum absolute atomic E-state index is 12.4. The highest BCUT2D eigenvalue weighted by atomic mass is 16.5. The van der Waals surface area contributed by atoms with Crippen LogP contribution in [-0.2, 0) is 4.79 Å². The number of nitrogens with one attached hydrogen (secondary N) is 1. The summed E-state index contributed by atoms with van der Waals surface area (Å²) in [6.07, 6.45) is 0. The Morgan fingerprint density at radius 2 is 2.08 bits per heavy atom. The molecule has 0 radical (unpaired) electrons. The average molecular weight is 353 g/mol. The normalized spacial score (nSPS) is 18.4. The van der Waals surface area contributed by atoms with Gasteiger partial charge in [-0.2, -0.15) is 5.26 Å². The van der Waals surface area contributed by atoms with Crippen molar-refractivity contribution >= 4 is 11.8 Å². The first-order chi connectivity index (χ1) is 12.4. The fourth-order valence-electron chi connectivity index (χ4n) is 2.88. The molecule has 8 nitrogen and oxygen atoms in total. The number of ether oxygens (including phenoxy) is 2. The molecule has 132 valence electrons. The molecule has 1 amide bonds. The van der Waals surface area contributed by atoms with Gasteiger partial charge in [0.2, 0.25) is 5.90 Å². The van der Waals surface area contributed by atoms with Gasteiger partial charge in [-0.3, -0.25) is 10.2 Å². The summed E-state index contributed by atoms with van der Waals surface area (Å²) in [6.45, 7) is 1.35. The minimum Gasteiger partial charge on any atom is -0.484 e.